The van der Waals surface area contributed by atoms with E-state index >= 15 is 0 Å². The number of benzene rings is 1. The lowest BCUT2D eigenvalue weighted by Gasteiger charge is -2.17. The summed E-state index contributed by atoms with van der Waals surface area (Å²) in [5, 5.41) is 6.67. The van der Waals surface area contributed by atoms with Gasteiger partial charge in [-0.25, -0.2) is 0 Å². The average Bonchev–Trinajstić information content (AvgIpc) is 3.09. The molecule has 1 saturated heterocycles. The average molecular weight is 334 g/mol. The number of ether oxygens (including phenoxy) is 2. The molecule has 1 aromatic carbocycles. The Labute approximate surface area is 145 Å². The normalized spacial score (nSPS) is 18.0. The molecule has 2 N–H and O–H groups in total. The number of para-hydroxylation sites is 1. The third-order valence-corrected chi connectivity index (χ3v) is 3.96. The highest BCUT2D eigenvalue weighted by Gasteiger charge is 2.15. The number of hydrogen-bond acceptors (Lipinski definition) is 4. The third kappa shape index (κ3) is 6.37. The van der Waals surface area contributed by atoms with Crippen molar-refractivity contribution in [1.29, 1.82) is 0 Å². The Morgan fingerprint density at radius 1 is 1.33 bits per heavy atom. The Bertz CT molecular complexity index is 513. The summed E-state index contributed by atoms with van der Waals surface area (Å²) >= 11 is 0. The van der Waals surface area contributed by atoms with E-state index < -0.39 is 0 Å². The van der Waals surface area contributed by atoms with Crippen molar-refractivity contribution in [2.24, 2.45) is 4.99 Å². The van der Waals surface area contributed by atoms with Gasteiger partial charge >= 0.3 is 0 Å². The zero-order valence-corrected chi connectivity index (χ0v) is 15.0. The molecule has 0 saturated carbocycles. The van der Waals surface area contributed by atoms with Crippen molar-refractivity contribution in [2.75, 3.05) is 47.4 Å². The molecule has 6 heteroatoms. The van der Waals surface area contributed by atoms with E-state index in [-0.39, 0.29) is 0 Å². The summed E-state index contributed by atoms with van der Waals surface area (Å²) in [5.74, 6) is 1.70. The second kappa shape index (κ2) is 10.2. The lowest BCUT2D eigenvalue weighted by Crippen LogP contribution is -2.40. The molecule has 2 rings (SSSR count). The predicted molar refractivity (Wildman–Crippen MR) is 97.7 cm³/mol. The Morgan fingerprint density at radius 3 is 2.88 bits per heavy atom. The molecule has 0 amide bonds. The summed E-state index contributed by atoms with van der Waals surface area (Å²) in [6.45, 7) is 3.91. The maximum absolute atomic E-state index is 5.89. The Kier molecular flexibility index (Phi) is 7.85. The molecule has 134 valence electrons. The molecule has 24 heavy (non-hydrogen) atoms. The standard InChI is InChI=1S/C18H30N4O2/c1-19-18(21-14-16-8-6-11-23-16)20-13-15-7-4-5-9-17(15)24-12-10-22(2)3/h4-5,7,9,16H,6,8,10-14H2,1-3H3,(H2,19,20,21). The van der Waals surface area contributed by atoms with Crippen LogP contribution in [-0.2, 0) is 11.3 Å². The van der Waals surface area contributed by atoms with Crippen LogP contribution < -0.4 is 15.4 Å². The van der Waals surface area contributed by atoms with Crippen molar-refractivity contribution in [1.82, 2.24) is 15.5 Å². The number of guanidine groups is 1. The van der Waals surface area contributed by atoms with E-state index in [1.54, 1.807) is 7.05 Å². The van der Waals surface area contributed by atoms with Crippen LogP contribution in [0.4, 0.5) is 0 Å². The summed E-state index contributed by atoms with van der Waals surface area (Å²) in [5.41, 5.74) is 1.12. The molecule has 6 nitrogen and oxygen atoms in total. The fourth-order valence-corrected chi connectivity index (χ4v) is 2.54. The third-order valence-electron chi connectivity index (χ3n) is 3.96. The molecule has 1 aromatic rings. The first-order chi connectivity index (χ1) is 11.7. The molecule has 1 unspecified atom stereocenters. The summed E-state index contributed by atoms with van der Waals surface area (Å²) in [6.07, 6.45) is 2.56. The van der Waals surface area contributed by atoms with Crippen molar-refractivity contribution in [3.63, 3.8) is 0 Å². The minimum atomic E-state index is 0.296. The van der Waals surface area contributed by atoms with Crippen LogP contribution in [0, 0.1) is 0 Å². The van der Waals surface area contributed by atoms with Crippen LogP contribution in [0.3, 0.4) is 0 Å². The monoisotopic (exact) mass is 334 g/mol. The number of nitrogens with zero attached hydrogens (tertiary/aromatic N) is 2. The fourth-order valence-electron chi connectivity index (χ4n) is 2.54. The first kappa shape index (κ1) is 18.5. The molecule has 0 bridgehead atoms. The van der Waals surface area contributed by atoms with Crippen LogP contribution in [0.15, 0.2) is 29.3 Å². The van der Waals surface area contributed by atoms with Crippen molar-refractivity contribution < 1.29 is 9.47 Å². The molecule has 0 radical (unpaired) electrons. The number of hydrogen-bond donors (Lipinski definition) is 2. The van der Waals surface area contributed by atoms with Gasteiger partial charge in [0.2, 0.25) is 0 Å². The Hall–Kier alpha value is -1.79. The van der Waals surface area contributed by atoms with Crippen molar-refractivity contribution >= 4 is 5.96 Å². The molecule has 1 atom stereocenters. The smallest absolute Gasteiger partial charge is 0.191 e. The first-order valence-corrected chi connectivity index (χ1v) is 8.60. The van der Waals surface area contributed by atoms with Crippen LogP contribution in [0.1, 0.15) is 18.4 Å². The SMILES string of the molecule is CN=C(NCc1ccccc1OCCN(C)C)NCC1CCCO1. The lowest BCUT2D eigenvalue weighted by atomic mass is 10.2. The van der Waals surface area contributed by atoms with Gasteiger partial charge in [0.1, 0.15) is 12.4 Å². The van der Waals surface area contributed by atoms with E-state index in [0.717, 1.165) is 49.8 Å². The van der Waals surface area contributed by atoms with Gasteiger partial charge in [-0.3, -0.25) is 4.99 Å². The maximum Gasteiger partial charge on any atom is 0.191 e. The van der Waals surface area contributed by atoms with Crippen molar-refractivity contribution in [2.45, 2.75) is 25.5 Å². The number of aliphatic imine (C=N–C) groups is 1. The van der Waals surface area contributed by atoms with Gasteiger partial charge in [0.05, 0.1) is 6.10 Å². The first-order valence-electron chi connectivity index (χ1n) is 8.60. The van der Waals surface area contributed by atoms with Crippen molar-refractivity contribution in [3.8, 4) is 5.75 Å². The second-order valence-corrected chi connectivity index (χ2v) is 6.20. The summed E-state index contributed by atoms with van der Waals surface area (Å²) in [4.78, 5) is 6.38. The highest BCUT2D eigenvalue weighted by atomic mass is 16.5. The fraction of sp³-hybridized carbons (Fsp3) is 0.611. The Morgan fingerprint density at radius 2 is 2.17 bits per heavy atom. The Balaban J connectivity index is 1.80. The predicted octanol–water partition coefficient (Wildman–Crippen LogP) is 1.47. The largest absolute Gasteiger partial charge is 0.492 e. The van der Waals surface area contributed by atoms with Gasteiger partial charge in [0.25, 0.3) is 0 Å². The summed E-state index contributed by atoms with van der Waals surface area (Å²) < 4.78 is 11.5. The highest BCUT2D eigenvalue weighted by molar-refractivity contribution is 5.79. The van der Waals surface area contributed by atoms with Gasteiger partial charge in [-0.2, -0.15) is 0 Å². The van der Waals surface area contributed by atoms with Crippen LogP contribution in [0.25, 0.3) is 0 Å². The minimum Gasteiger partial charge on any atom is -0.492 e. The number of likely N-dealkylation sites (N-methyl/N-ethyl adjacent to an activating group) is 1. The molecule has 1 aliphatic rings. The van der Waals surface area contributed by atoms with Gasteiger partial charge in [-0.05, 0) is 33.0 Å². The van der Waals surface area contributed by atoms with E-state index in [9.17, 15) is 0 Å². The van der Waals surface area contributed by atoms with Crippen LogP contribution >= 0.6 is 0 Å². The van der Waals surface area contributed by atoms with E-state index in [1.807, 2.05) is 32.3 Å². The maximum atomic E-state index is 5.89. The minimum absolute atomic E-state index is 0.296. The van der Waals surface area contributed by atoms with Gasteiger partial charge in [-0.1, -0.05) is 18.2 Å². The molecular formula is C18H30N4O2. The molecule has 0 aliphatic carbocycles. The highest BCUT2D eigenvalue weighted by Crippen LogP contribution is 2.17. The molecule has 0 spiro atoms. The number of rotatable bonds is 8. The summed E-state index contributed by atoms with van der Waals surface area (Å²) in [7, 11) is 5.87. The van der Waals surface area contributed by atoms with Crippen LogP contribution in [-0.4, -0.2) is 64.4 Å². The van der Waals surface area contributed by atoms with E-state index in [2.05, 4.69) is 26.6 Å². The van der Waals surface area contributed by atoms with Crippen LogP contribution in [0.2, 0.25) is 0 Å². The van der Waals surface area contributed by atoms with Gasteiger partial charge in [0.15, 0.2) is 5.96 Å². The van der Waals surface area contributed by atoms with Gasteiger partial charge < -0.3 is 25.0 Å². The topological polar surface area (TPSA) is 58.1 Å². The van der Waals surface area contributed by atoms with Crippen LogP contribution in [0.5, 0.6) is 5.75 Å². The van der Waals surface area contributed by atoms with Crippen molar-refractivity contribution in [3.05, 3.63) is 29.8 Å². The molecular weight excluding hydrogens is 304 g/mol. The molecule has 1 heterocycles. The van der Waals surface area contributed by atoms with E-state index in [4.69, 9.17) is 9.47 Å². The summed E-state index contributed by atoms with van der Waals surface area (Å²) in [6, 6.07) is 8.11. The molecule has 1 aliphatic heterocycles. The zero-order valence-electron chi connectivity index (χ0n) is 15.0. The number of nitrogens with one attached hydrogen (secondary N) is 2. The molecule has 1 fully saturated rings. The van der Waals surface area contributed by atoms with Gasteiger partial charge in [-0.15, -0.1) is 0 Å². The van der Waals surface area contributed by atoms with Gasteiger partial charge in [0, 0.05) is 38.9 Å². The van der Waals surface area contributed by atoms with E-state index in [1.165, 1.54) is 0 Å². The lowest BCUT2D eigenvalue weighted by molar-refractivity contribution is 0.114. The second-order valence-electron chi connectivity index (χ2n) is 6.20. The quantitative estimate of drug-likeness (QED) is 0.557. The zero-order chi connectivity index (χ0) is 17.2. The molecule has 0 aromatic heterocycles. The van der Waals surface area contributed by atoms with E-state index in [0.29, 0.717) is 19.3 Å².